The normalized spacial score (nSPS) is 15.3. The molecule has 0 bridgehead atoms. The number of nitrogens with two attached hydrogens (primary N) is 1. The molecular weight excluding hydrogens is 348 g/mol. The van der Waals surface area contributed by atoms with Crippen LogP contribution in [0, 0.1) is 0 Å². The van der Waals surface area contributed by atoms with Gasteiger partial charge in [-0.3, -0.25) is 4.98 Å². The van der Waals surface area contributed by atoms with Crippen LogP contribution in [0.2, 0.25) is 5.02 Å². The summed E-state index contributed by atoms with van der Waals surface area (Å²) in [4.78, 5) is 15.5. The van der Waals surface area contributed by atoms with E-state index in [1.54, 1.807) is 6.20 Å². The van der Waals surface area contributed by atoms with Gasteiger partial charge in [0.2, 0.25) is 0 Å². The molecule has 0 saturated carbocycles. The van der Waals surface area contributed by atoms with E-state index in [4.69, 9.17) is 17.3 Å². The zero-order valence-electron chi connectivity index (χ0n) is 15.3. The molecule has 1 aliphatic rings. The summed E-state index contributed by atoms with van der Waals surface area (Å²) in [6.45, 7) is 3.99. The van der Waals surface area contributed by atoms with E-state index in [0.29, 0.717) is 12.5 Å². The van der Waals surface area contributed by atoms with Gasteiger partial charge < -0.3 is 20.4 Å². The van der Waals surface area contributed by atoms with Gasteiger partial charge in [0.15, 0.2) is 5.96 Å². The zero-order valence-corrected chi connectivity index (χ0v) is 16.0. The molecule has 0 spiro atoms. The third-order valence-corrected chi connectivity index (χ3v) is 4.79. The fourth-order valence-corrected chi connectivity index (χ4v) is 3.19. The second kappa shape index (κ2) is 8.27. The quantitative estimate of drug-likeness (QED) is 0.659. The van der Waals surface area contributed by atoms with Crippen molar-refractivity contribution in [1.29, 1.82) is 0 Å². The maximum atomic E-state index is 6.23. The van der Waals surface area contributed by atoms with Crippen molar-refractivity contribution in [2.24, 2.45) is 10.7 Å². The largest absolute Gasteiger partial charge is 0.376 e. The van der Waals surface area contributed by atoms with Gasteiger partial charge in [-0.1, -0.05) is 11.6 Å². The molecule has 6 nitrogen and oxygen atoms in total. The predicted molar refractivity (Wildman–Crippen MR) is 109 cm³/mol. The van der Waals surface area contributed by atoms with Crippen LogP contribution in [0.5, 0.6) is 0 Å². The molecule has 26 heavy (non-hydrogen) atoms. The molecule has 7 heteroatoms. The van der Waals surface area contributed by atoms with Crippen molar-refractivity contribution in [2.75, 3.05) is 50.1 Å². The van der Waals surface area contributed by atoms with E-state index in [2.05, 4.69) is 31.9 Å². The van der Waals surface area contributed by atoms with Crippen LogP contribution in [0.1, 0.15) is 5.69 Å². The van der Waals surface area contributed by atoms with Gasteiger partial charge in [0.25, 0.3) is 0 Å². The summed E-state index contributed by atoms with van der Waals surface area (Å²) >= 11 is 5.96. The molecule has 1 fully saturated rings. The number of aliphatic imine (C=N–C) groups is 1. The summed E-state index contributed by atoms with van der Waals surface area (Å²) in [6, 6.07) is 11.9. The lowest BCUT2D eigenvalue weighted by atomic mass is 10.2. The van der Waals surface area contributed by atoms with E-state index in [0.717, 1.165) is 42.6 Å². The number of aromatic nitrogens is 1. The van der Waals surface area contributed by atoms with E-state index in [9.17, 15) is 0 Å². The zero-order chi connectivity index (χ0) is 18.5. The van der Waals surface area contributed by atoms with E-state index >= 15 is 0 Å². The molecule has 1 aliphatic heterocycles. The van der Waals surface area contributed by atoms with Crippen LogP contribution in [-0.4, -0.2) is 56.1 Å². The Kier molecular flexibility index (Phi) is 5.83. The maximum absolute atomic E-state index is 6.23. The molecule has 2 aromatic rings. The predicted octanol–water partition coefficient (Wildman–Crippen LogP) is 2.44. The van der Waals surface area contributed by atoms with Gasteiger partial charge in [0.1, 0.15) is 0 Å². The lowest BCUT2D eigenvalue weighted by molar-refractivity contribution is 0.380. The van der Waals surface area contributed by atoms with E-state index < -0.39 is 0 Å². The fourth-order valence-electron chi connectivity index (χ4n) is 3.06. The van der Waals surface area contributed by atoms with E-state index in [1.807, 2.05) is 43.3 Å². The Hall–Kier alpha value is -2.47. The Morgan fingerprint density at radius 1 is 1.15 bits per heavy atom. The number of hydrogen-bond acceptors (Lipinski definition) is 4. The number of hydrogen-bond donors (Lipinski definition) is 1. The first kappa shape index (κ1) is 18.3. The number of benzene rings is 1. The van der Waals surface area contributed by atoms with Crippen LogP contribution in [0.3, 0.4) is 0 Å². The van der Waals surface area contributed by atoms with E-state index in [-0.39, 0.29) is 0 Å². The number of rotatable bonds is 4. The molecule has 3 rings (SSSR count). The van der Waals surface area contributed by atoms with Crippen molar-refractivity contribution >= 4 is 28.9 Å². The van der Waals surface area contributed by atoms with E-state index in [1.165, 1.54) is 5.69 Å². The minimum atomic E-state index is 0.484. The van der Waals surface area contributed by atoms with Crippen LogP contribution < -0.4 is 15.5 Å². The highest BCUT2D eigenvalue weighted by Gasteiger charge is 2.18. The molecule has 0 radical (unpaired) electrons. The molecular formula is C19H25ClN6. The topological polar surface area (TPSA) is 61.0 Å². The average molecular weight is 373 g/mol. The number of guanidine groups is 1. The van der Waals surface area contributed by atoms with Crippen molar-refractivity contribution in [3.05, 3.63) is 53.3 Å². The van der Waals surface area contributed by atoms with Crippen LogP contribution >= 0.6 is 11.6 Å². The number of piperazine rings is 1. The van der Waals surface area contributed by atoms with Gasteiger partial charge in [-0.15, -0.1) is 0 Å². The smallest absolute Gasteiger partial charge is 0.191 e. The molecule has 0 unspecified atom stereocenters. The van der Waals surface area contributed by atoms with Crippen LogP contribution in [0.25, 0.3) is 0 Å². The van der Waals surface area contributed by atoms with Gasteiger partial charge in [-0.25, -0.2) is 4.99 Å². The monoisotopic (exact) mass is 372 g/mol. The summed E-state index contributed by atoms with van der Waals surface area (Å²) < 4.78 is 0. The minimum Gasteiger partial charge on any atom is -0.376 e. The Labute approximate surface area is 159 Å². The second-order valence-corrected chi connectivity index (χ2v) is 6.93. The molecule has 0 amide bonds. The first-order valence-electron chi connectivity index (χ1n) is 8.71. The lowest BCUT2D eigenvalue weighted by Gasteiger charge is -2.36. The van der Waals surface area contributed by atoms with Crippen LogP contribution in [0.15, 0.2) is 47.6 Å². The summed E-state index contributed by atoms with van der Waals surface area (Å²) in [6.07, 6.45) is 1.79. The molecule has 2 heterocycles. The number of anilines is 2. The number of nitrogens with zero attached hydrogens (tertiary/aromatic N) is 5. The van der Waals surface area contributed by atoms with Crippen molar-refractivity contribution in [1.82, 2.24) is 9.88 Å². The first-order valence-corrected chi connectivity index (χ1v) is 9.09. The number of halogens is 1. The molecule has 1 aromatic carbocycles. The van der Waals surface area contributed by atoms with Crippen LogP contribution in [0.4, 0.5) is 11.4 Å². The van der Waals surface area contributed by atoms with Crippen LogP contribution in [-0.2, 0) is 6.54 Å². The Balaban J connectivity index is 1.59. The van der Waals surface area contributed by atoms with Gasteiger partial charge in [-0.2, -0.15) is 0 Å². The molecule has 138 valence electrons. The Morgan fingerprint density at radius 3 is 2.50 bits per heavy atom. The molecule has 2 N–H and O–H groups in total. The summed E-state index contributed by atoms with van der Waals surface area (Å²) in [7, 11) is 4.01. The third kappa shape index (κ3) is 4.38. The summed E-state index contributed by atoms with van der Waals surface area (Å²) in [5, 5.41) is 0.760. The highest BCUT2D eigenvalue weighted by Crippen LogP contribution is 2.20. The van der Waals surface area contributed by atoms with Gasteiger partial charge >= 0.3 is 0 Å². The second-order valence-electron chi connectivity index (χ2n) is 6.49. The molecule has 1 saturated heterocycles. The van der Waals surface area contributed by atoms with Crippen molar-refractivity contribution in [3.8, 4) is 0 Å². The molecule has 0 aliphatic carbocycles. The van der Waals surface area contributed by atoms with Crippen molar-refractivity contribution in [3.63, 3.8) is 0 Å². The SMILES string of the molecule is CN(C)c1cccnc1CN=C(N)N1CCN(c2ccc(Cl)cc2)CC1. The highest BCUT2D eigenvalue weighted by atomic mass is 35.5. The Morgan fingerprint density at radius 2 is 1.85 bits per heavy atom. The third-order valence-electron chi connectivity index (χ3n) is 4.53. The van der Waals surface area contributed by atoms with Gasteiger partial charge in [0, 0.05) is 57.2 Å². The van der Waals surface area contributed by atoms with Gasteiger partial charge in [0.05, 0.1) is 17.9 Å². The van der Waals surface area contributed by atoms with Gasteiger partial charge in [-0.05, 0) is 36.4 Å². The Bertz CT molecular complexity index is 751. The minimum absolute atomic E-state index is 0.484. The van der Waals surface area contributed by atoms with Crippen molar-refractivity contribution in [2.45, 2.75) is 6.54 Å². The molecule has 1 aromatic heterocycles. The average Bonchev–Trinajstić information content (AvgIpc) is 2.67. The standard InChI is InChI=1S/C19H25ClN6/c1-24(2)18-4-3-9-22-17(18)14-23-19(21)26-12-10-25(11-13-26)16-7-5-15(20)6-8-16/h3-9H,10-14H2,1-2H3,(H2,21,23). The lowest BCUT2D eigenvalue weighted by Crippen LogP contribution is -2.51. The fraction of sp³-hybridized carbons (Fsp3) is 0.368. The first-order chi connectivity index (χ1) is 12.5. The summed E-state index contributed by atoms with van der Waals surface area (Å²) in [5.74, 6) is 0.580. The number of pyridine rings is 1. The molecule has 0 atom stereocenters. The summed E-state index contributed by atoms with van der Waals surface area (Å²) in [5.41, 5.74) is 9.41. The maximum Gasteiger partial charge on any atom is 0.191 e. The highest BCUT2D eigenvalue weighted by molar-refractivity contribution is 6.30. The van der Waals surface area contributed by atoms with Crippen molar-refractivity contribution < 1.29 is 0 Å².